The summed E-state index contributed by atoms with van der Waals surface area (Å²) >= 11 is 0. The lowest BCUT2D eigenvalue weighted by Gasteiger charge is -2.37. The Morgan fingerprint density at radius 1 is 1.03 bits per heavy atom. The summed E-state index contributed by atoms with van der Waals surface area (Å²) in [4.78, 5) is 21.9. The number of anilines is 1. The van der Waals surface area contributed by atoms with Gasteiger partial charge in [-0.1, -0.05) is 45.0 Å². The van der Waals surface area contributed by atoms with Gasteiger partial charge in [0.15, 0.2) is 0 Å². The van der Waals surface area contributed by atoms with E-state index in [1.54, 1.807) is 0 Å². The maximum Gasteiger partial charge on any atom is 0.258 e. The van der Waals surface area contributed by atoms with Crippen LogP contribution in [-0.4, -0.2) is 42.0 Å². The largest absolute Gasteiger partial charge is 0.357 e. The Hall–Kier alpha value is -2.59. The molecular formula is C27H35N3O. The number of hydrogen-bond acceptors (Lipinski definition) is 2. The van der Waals surface area contributed by atoms with E-state index >= 15 is 0 Å². The van der Waals surface area contributed by atoms with E-state index in [-0.39, 0.29) is 17.4 Å². The first-order chi connectivity index (χ1) is 14.7. The van der Waals surface area contributed by atoms with E-state index in [0.717, 1.165) is 48.4 Å². The monoisotopic (exact) mass is 417 g/mol. The maximum absolute atomic E-state index is 13.9. The molecule has 0 spiro atoms. The van der Waals surface area contributed by atoms with Crippen LogP contribution in [0.2, 0.25) is 0 Å². The van der Waals surface area contributed by atoms with Crippen molar-refractivity contribution < 1.29 is 4.79 Å². The van der Waals surface area contributed by atoms with Gasteiger partial charge >= 0.3 is 0 Å². The van der Waals surface area contributed by atoms with Crippen LogP contribution in [0.3, 0.4) is 0 Å². The lowest BCUT2D eigenvalue weighted by molar-refractivity contribution is 0.0964. The summed E-state index contributed by atoms with van der Waals surface area (Å²) in [7, 11) is 2.16. The number of aromatic amines is 1. The number of carbonyl (C=O) groups excluding carboxylic acids is 1. The van der Waals surface area contributed by atoms with Gasteiger partial charge in [0.1, 0.15) is 0 Å². The van der Waals surface area contributed by atoms with Crippen molar-refractivity contribution in [3.8, 4) is 0 Å². The molecule has 0 unspecified atom stereocenters. The summed E-state index contributed by atoms with van der Waals surface area (Å²) in [6.07, 6.45) is 1.97. The lowest BCUT2D eigenvalue weighted by Crippen LogP contribution is -2.47. The van der Waals surface area contributed by atoms with Gasteiger partial charge in [0.2, 0.25) is 0 Å². The molecule has 1 amide bonds. The van der Waals surface area contributed by atoms with Gasteiger partial charge in [-0.25, -0.2) is 0 Å². The zero-order valence-electron chi connectivity index (χ0n) is 19.7. The van der Waals surface area contributed by atoms with Crippen molar-refractivity contribution in [1.29, 1.82) is 0 Å². The minimum atomic E-state index is 0.0696. The molecule has 4 nitrogen and oxygen atoms in total. The number of H-pyrrole nitrogens is 1. The summed E-state index contributed by atoms with van der Waals surface area (Å²) < 4.78 is 0. The number of rotatable bonds is 3. The number of nitrogens with one attached hydrogen (secondary N) is 1. The first-order valence-corrected chi connectivity index (χ1v) is 11.4. The van der Waals surface area contributed by atoms with Gasteiger partial charge in [-0.15, -0.1) is 0 Å². The zero-order chi connectivity index (χ0) is 22.3. The highest BCUT2D eigenvalue weighted by Gasteiger charge is 2.31. The number of nitrogens with zero attached hydrogens (tertiary/aromatic N) is 2. The maximum atomic E-state index is 13.9. The molecule has 4 heteroatoms. The van der Waals surface area contributed by atoms with Gasteiger partial charge in [-0.3, -0.25) is 4.79 Å². The molecule has 1 aliphatic heterocycles. The second-order valence-corrected chi connectivity index (χ2v) is 10.1. The molecule has 1 fully saturated rings. The molecule has 3 aromatic rings. The van der Waals surface area contributed by atoms with Crippen molar-refractivity contribution in [2.45, 2.75) is 58.9 Å². The second-order valence-electron chi connectivity index (χ2n) is 10.1. The van der Waals surface area contributed by atoms with E-state index in [2.05, 4.69) is 86.8 Å². The van der Waals surface area contributed by atoms with Gasteiger partial charge in [-0.05, 0) is 81.6 Å². The number of benzene rings is 2. The summed E-state index contributed by atoms with van der Waals surface area (Å²) in [5.41, 5.74) is 6.54. The molecule has 0 aliphatic carbocycles. The highest BCUT2D eigenvalue weighted by Crippen LogP contribution is 2.34. The third-order valence-electron chi connectivity index (χ3n) is 6.85. The number of carbonyl (C=O) groups is 1. The van der Waals surface area contributed by atoms with E-state index in [0.29, 0.717) is 0 Å². The highest BCUT2D eigenvalue weighted by atomic mass is 16.2. The summed E-state index contributed by atoms with van der Waals surface area (Å²) in [5.74, 6) is 0.0902. The van der Waals surface area contributed by atoms with Crippen molar-refractivity contribution in [2.24, 2.45) is 0 Å². The molecule has 0 atom stereocenters. The summed E-state index contributed by atoms with van der Waals surface area (Å²) in [6, 6.07) is 14.7. The normalized spacial score (nSPS) is 16.1. The Kier molecular flexibility index (Phi) is 5.69. The van der Waals surface area contributed by atoms with Crippen molar-refractivity contribution in [1.82, 2.24) is 9.88 Å². The summed E-state index contributed by atoms with van der Waals surface area (Å²) in [5, 5.41) is 1.20. The van der Waals surface area contributed by atoms with E-state index in [1.165, 1.54) is 16.5 Å². The predicted octanol–water partition coefficient (Wildman–Crippen LogP) is 5.82. The van der Waals surface area contributed by atoms with Crippen LogP contribution in [0.15, 0.2) is 42.5 Å². The van der Waals surface area contributed by atoms with Crippen LogP contribution in [0.1, 0.15) is 60.8 Å². The van der Waals surface area contributed by atoms with Gasteiger partial charge in [0.05, 0.1) is 11.2 Å². The van der Waals surface area contributed by atoms with Crippen molar-refractivity contribution >= 4 is 22.5 Å². The molecule has 1 saturated heterocycles. The number of para-hydroxylation sites is 1. The van der Waals surface area contributed by atoms with Crippen LogP contribution < -0.4 is 4.90 Å². The van der Waals surface area contributed by atoms with Gasteiger partial charge in [0.25, 0.3) is 5.91 Å². The zero-order valence-corrected chi connectivity index (χ0v) is 19.7. The number of hydrogen-bond donors (Lipinski definition) is 1. The SMILES string of the molecule is Cc1[nH]c2c(N(C(=O)c3ccc(C(C)(C)C)cc3)C3CCN(C)CC3)cccc2c1C. The topological polar surface area (TPSA) is 39.3 Å². The average Bonchev–Trinajstić information content (AvgIpc) is 3.04. The molecule has 1 N–H and O–H groups in total. The second kappa shape index (κ2) is 8.16. The highest BCUT2D eigenvalue weighted by molar-refractivity contribution is 6.11. The molecule has 0 bridgehead atoms. The molecule has 164 valence electrons. The van der Waals surface area contributed by atoms with Gasteiger partial charge < -0.3 is 14.8 Å². The molecule has 1 aromatic heterocycles. The number of amides is 1. The Bertz CT molecular complexity index is 1080. The fourth-order valence-corrected chi connectivity index (χ4v) is 4.64. The van der Waals surface area contributed by atoms with E-state index in [1.807, 2.05) is 12.1 Å². The quantitative estimate of drug-likeness (QED) is 0.583. The molecule has 2 aromatic carbocycles. The van der Waals surface area contributed by atoms with Crippen LogP contribution in [0.5, 0.6) is 0 Å². The number of fused-ring (bicyclic) bond motifs is 1. The van der Waals surface area contributed by atoms with Gasteiger partial charge in [-0.2, -0.15) is 0 Å². The predicted molar refractivity (Wildman–Crippen MR) is 130 cm³/mol. The minimum Gasteiger partial charge on any atom is -0.357 e. The fraction of sp³-hybridized carbons (Fsp3) is 0.444. The van der Waals surface area contributed by atoms with Gasteiger partial charge in [0, 0.05) is 22.7 Å². The van der Waals surface area contributed by atoms with Crippen molar-refractivity contribution in [2.75, 3.05) is 25.0 Å². The Balaban J connectivity index is 1.79. The Morgan fingerprint density at radius 2 is 1.68 bits per heavy atom. The molecule has 0 saturated carbocycles. The first kappa shape index (κ1) is 21.6. The first-order valence-electron chi connectivity index (χ1n) is 11.4. The molecule has 31 heavy (non-hydrogen) atoms. The van der Waals surface area contributed by atoms with Crippen LogP contribution in [0, 0.1) is 13.8 Å². The van der Waals surface area contributed by atoms with E-state index in [9.17, 15) is 4.79 Å². The molecular weight excluding hydrogens is 382 g/mol. The smallest absolute Gasteiger partial charge is 0.258 e. The van der Waals surface area contributed by atoms with Crippen LogP contribution in [-0.2, 0) is 5.41 Å². The molecule has 2 heterocycles. The van der Waals surface area contributed by atoms with Crippen molar-refractivity contribution in [3.63, 3.8) is 0 Å². The molecule has 0 radical (unpaired) electrons. The number of aromatic nitrogens is 1. The third-order valence-corrected chi connectivity index (χ3v) is 6.85. The molecule has 4 rings (SSSR count). The third kappa shape index (κ3) is 4.14. The van der Waals surface area contributed by atoms with Crippen LogP contribution in [0.25, 0.3) is 10.9 Å². The number of aryl methyl sites for hydroxylation is 2. The van der Waals surface area contributed by atoms with Crippen LogP contribution >= 0.6 is 0 Å². The lowest BCUT2D eigenvalue weighted by atomic mass is 9.86. The number of likely N-dealkylation sites (tertiary alicyclic amines) is 1. The average molecular weight is 418 g/mol. The van der Waals surface area contributed by atoms with E-state index < -0.39 is 0 Å². The Morgan fingerprint density at radius 3 is 2.29 bits per heavy atom. The molecule has 1 aliphatic rings. The van der Waals surface area contributed by atoms with Crippen LogP contribution in [0.4, 0.5) is 5.69 Å². The van der Waals surface area contributed by atoms with Crippen molar-refractivity contribution in [3.05, 3.63) is 64.8 Å². The van der Waals surface area contributed by atoms with E-state index in [4.69, 9.17) is 0 Å². The Labute approximate surface area is 186 Å². The standard InChI is InChI=1S/C27H35N3O/c1-18-19(2)28-25-23(18)8-7-9-24(25)30(22-14-16-29(6)17-15-22)26(31)20-10-12-21(13-11-20)27(3,4)5/h7-13,22,28H,14-17H2,1-6H3. The minimum absolute atomic E-state index is 0.0696. The summed E-state index contributed by atoms with van der Waals surface area (Å²) in [6.45, 7) is 12.9. The number of piperidine rings is 1. The fourth-order valence-electron chi connectivity index (χ4n) is 4.64.